The van der Waals surface area contributed by atoms with Crippen molar-refractivity contribution in [3.05, 3.63) is 58.9 Å². The summed E-state index contributed by atoms with van der Waals surface area (Å²) < 4.78 is 83.4. The largest absolute Gasteiger partial charge is 0.493 e. The fourth-order valence-electron chi connectivity index (χ4n) is 4.71. The lowest BCUT2D eigenvalue weighted by Gasteiger charge is -2.28. The first kappa shape index (κ1) is 27.9. The molecule has 12 heteroatoms. The number of hydrogen-bond donors (Lipinski definition) is 1. The Hall–Kier alpha value is -3.15. The smallest absolute Gasteiger partial charge is 0.416 e. The average molecular weight is 557 g/mol. The molecule has 7 nitrogen and oxygen atoms in total. The number of carbonyl (C=O) groups excluding carboxylic acids is 2. The number of sulfone groups is 1. The second kappa shape index (κ2) is 10.5. The van der Waals surface area contributed by atoms with Gasteiger partial charge < -0.3 is 15.0 Å². The fourth-order valence-corrected chi connectivity index (χ4v) is 5.36. The number of amides is 2. The number of likely N-dealkylation sites (tertiary alicyclic amines) is 1. The minimum Gasteiger partial charge on any atom is -0.493 e. The molecular weight excluding hydrogens is 528 g/mol. The molecule has 1 aliphatic heterocycles. The minimum absolute atomic E-state index is 0.00185. The van der Waals surface area contributed by atoms with Gasteiger partial charge in [0.05, 0.1) is 28.7 Å². The van der Waals surface area contributed by atoms with Gasteiger partial charge in [-0.15, -0.1) is 0 Å². The summed E-state index contributed by atoms with van der Waals surface area (Å²) >= 11 is 0. The molecule has 2 aliphatic rings. The Morgan fingerprint density at radius 3 is 2.42 bits per heavy atom. The molecule has 0 aromatic heterocycles. The highest BCUT2D eigenvalue weighted by molar-refractivity contribution is 7.90. The minimum atomic E-state index is -4.70. The normalized spacial score (nSPS) is 18.8. The molecule has 1 saturated heterocycles. The van der Waals surface area contributed by atoms with Crippen molar-refractivity contribution >= 4 is 21.7 Å². The molecule has 2 aromatic rings. The van der Waals surface area contributed by atoms with Gasteiger partial charge in [-0.05, 0) is 68.9 Å². The van der Waals surface area contributed by atoms with Crippen LogP contribution in [-0.2, 0) is 20.8 Å². The topological polar surface area (TPSA) is 92.8 Å². The van der Waals surface area contributed by atoms with Crippen molar-refractivity contribution in [3.8, 4) is 5.75 Å². The second-order valence-electron chi connectivity index (χ2n) is 9.58. The van der Waals surface area contributed by atoms with E-state index >= 15 is 0 Å². The molecule has 1 saturated carbocycles. The molecule has 0 spiro atoms. The summed E-state index contributed by atoms with van der Waals surface area (Å²) in [5.74, 6) is -2.15. The van der Waals surface area contributed by atoms with Gasteiger partial charge in [-0.25, -0.2) is 12.8 Å². The molecule has 2 atom stereocenters. The monoisotopic (exact) mass is 556 g/mol. The van der Waals surface area contributed by atoms with Crippen molar-refractivity contribution in [2.24, 2.45) is 5.92 Å². The Morgan fingerprint density at radius 2 is 1.84 bits per heavy atom. The highest BCUT2D eigenvalue weighted by atomic mass is 32.2. The SMILES string of the molecule is CCOc1ccc(S(C)(=O)=O)cc1C(=O)N1CCC[C@@H]1C(=O)N[C@@H](c1ccc(C(F)(F)F)cc1F)C1CC1. The average Bonchev–Trinajstić information content (AvgIpc) is 3.56. The molecule has 1 aliphatic carbocycles. The van der Waals surface area contributed by atoms with Crippen molar-refractivity contribution in [1.29, 1.82) is 0 Å². The standard InChI is InChI=1S/C26H28F4N2O5S/c1-3-37-22-11-9-17(38(2,35)36)14-19(22)25(34)32-12-4-5-21(32)24(33)31-23(15-6-7-15)18-10-8-16(13-20(18)27)26(28,29)30/h8-11,13-15,21,23H,3-7,12H2,1-2H3,(H,31,33)/t21-,23-/m1/s1. The third-order valence-corrected chi connectivity index (χ3v) is 7.89. The molecule has 2 aromatic carbocycles. The summed E-state index contributed by atoms with van der Waals surface area (Å²) in [6.45, 7) is 2.17. The lowest BCUT2D eigenvalue weighted by molar-refractivity contribution is -0.137. The van der Waals surface area contributed by atoms with Crippen molar-refractivity contribution in [2.75, 3.05) is 19.4 Å². The van der Waals surface area contributed by atoms with Crippen molar-refractivity contribution in [3.63, 3.8) is 0 Å². The Labute approximate surface area is 218 Å². The van der Waals surface area contributed by atoms with Crippen LogP contribution in [0.1, 0.15) is 60.1 Å². The van der Waals surface area contributed by atoms with Crippen molar-refractivity contribution < 1.29 is 40.3 Å². The Bertz CT molecular complexity index is 1340. The number of nitrogens with one attached hydrogen (secondary N) is 1. The van der Waals surface area contributed by atoms with Gasteiger partial charge in [-0.3, -0.25) is 9.59 Å². The van der Waals surface area contributed by atoms with E-state index in [1.165, 1.54) is 23.1 Å². The van der Waals surface area contributed by atoms with E-state index in [9.17, 15) is 35.6 Å². The summed E-state index contributed by atoms with van der Waals surface area (Å²) in [7, 11) is -3.62. The van der Waals surface area contributed by atoms with Crippen molar-refractivity contribution in [1.82, 2.24) is 10.2 Å². The molecular formula is C26H28F4N2O5S. The first-order valence-corrected chi connectivity index (χ1v) is 14.1. The van der Waals surface area contributed by atoms with Gasteiger partial charge in [0.25, 0.3) is 5.91 Å². The summed E-state index contributed by atoms with van der Waals surface area (Å²) in [6.07, 6.45) is -1.51. The third kappa shape index (κ3) is 5.95. The number of halogens is 4. The van der Waals surface area contributed by atoms with E-state index < -0.39 is 51.3 Å². The van der Waals surface area contributed by atoms with Crippen LogP contribution in [0.15, 0.2) is 41.3 Å². The first-order chi connectivity index (χ1) is 17.8. The zero-order valence-corrected chi connectivity index (χ0v) is 21.7. The third-order valence-electron chi connectivity index (χ3n) is 6.78. The maximum absolute atomic E-state index is 14.7. The Kier molecular flexibility index (Phi) is 7.74. The quantitative estimate of drug-likeness (QED) is 0.483. The summed E-state index contributed by atoms with van der Waals surface area (Å²) in [6, 6.07) is 4.46. The fraction of sp³-hybridized carbons (Fsp3) is 0.462. The number of hydrogen-bond acceptors (Lipinski definition) is 5. The maximum atomic E-state index is 14.7. The molecule has 38 heavy (non-hydrogen) atoms. The molecule has 0 radical (unpaired) electrons. The summed E-state index contributed by atoms with van der Waals surface area (Å²) in [5.41, 5.74) is -1.15. The van der Waals surface area contributed by atoms with Gasteiger partial charge in [-0.1, -0.05) is 6.07 Å². The summed E-state index contributed by atoms with van der Waals surface area (Å²) in [5, 5.41) is 2.77. The first-order valence-electron chi connectivity index (χ1n) is 12.3. The van der Waals surface area contributed by atoms with Gasteiger partial charge in [0, 0.05) is 18.4 Å². The number of alkyl halides is 3. The molecule has 0 bridgehead atoms. The molecule has 2 amide bonds. The van der Waals surface area contributed by atoms with Crippen LogP contribution >= 0.6 is 0 Å². The molecule has 4 rings (SSSR count). The number of rotatable bonds is 8. The van der Waals surface area contributed by atoms with E-state index in [2.05, 4.69) is 5.32 Å². The zero-order valence-electron chi connectivity index (χ0n) is 20.8. The van der Waals surface area contributed by atoms with Crippen LogP contribution in [0, 0.1) is 11.7 Å². The predicted molar refractivity (Wildman–Crippen MR) is 130 cm³/mol. The predicted octanol–water partition coefficient (Wildman–Crippen LogP) is 4.52. The van der Waals surface area contributed by atoms with Crippen LogP contribution in [0.25, 0.3) is 0 Å². The van der Waals surface area contributed by atoms with Gasteiger partial charge in [0.15, 0.2) is 9.84 Å². The van der Waals surface area contributed by atoms with Gasteiger partial charge in [0.2, 0.25) is 5.91 Å². The van der Waals surface area contributed by atoms with E-state index in [4.69, 9.17) is 4.74 Å². The lowest BCUT2D eigenvalue weighted by atomic mass is 9.99. The number of nitrogens with zero attached hydrogens (tertiary/aromatic N) is 1. The van der Waals surface area contributed by atoms with Crippen LogP contribution in [0.5, 0.6) is 5.75 Å². The zero-order chi connectivity index (χ0) is 27.8. The Balaban J connectivity index is 1.59. The maximum Gasteiger partial charge on any atom is 0.416 e. The van der Waals surface area contributed by atoms with Gasteiger partial charge >= 0.3 is 6.18 Å². The lowest BCUT2D eigenvalue weighted by Crippen LogP contribution is -2.47. The number of benzene rings is 2. The van der Waals surface area contributed by atoms with Crippen molar-refractivity contribution in [2.45, 2.75) is 55.8 Å². The van der Waals surface area contributed by atoms with E-state index in [0.717, 1.165) is 18.4 Å². The van der Waals surface area contributed by atoms with Gasteiger partial charge in [-0.2, -0.15) is 13.2 Å². The van der Waals surface area contributed by atoms with E-state index in [1.54, 1.807) is 6.92 Å². The van der Waals surface area contributed by atoms with E-state index in [0.29, 0.717) is 31.7 Å². The van der Waals surface area contributed by atoms with Crippen LogP contribution in [0.4, 0.5) is 17.6 Å². The molecule has 0 unspecified atom stereocenters. The molecule has 1 N–H and O–H groups in total. The van der Waals surface area contributed by atoms with Crippen LogP contribution in [0.2, 0.25) is 0 Å². The molecule has 1 heterocycles. The second-order valence-corrected chi connectivity index (χ2v) is 11.6. The number of ether oxygens (including phenoxy) is 1. The highest BCUT2D eigenvalue weighted by Gasteiger charge is 2.41. The van der Waals surface area contributed by atoms with Crippen LogP contribution in [-0.4, -0.2) is 50.6 Å². The number of carbonyl (C=O) groups is 2. The molecule has 206 valence electrons. The van der Waals surface area contributed by atoms with Crippen LogP contribution < -0.4 is 10.1 Å². The molecule has 2 fully saturated rings. The van der Waals surface area contributed by atoms with Crippen LogP contribution in [0.3, 0.4) is 0 Å². The van der Waals surface area contributed by atoms with E-state index in [1.807, 2.05) is 0 Å². The van der Waals surface area contributed by atoms with E-state index in [-0.39, 0.29) is 40.8 Å². The van der Waals surface area contributed by atoms with Gasteiger partial charge in [0.1, 0.15) is 17.6 Å². The highest BCUT2D eigenvalue weighted by Crippen LogP contribution is 2.43. The summed E-state index contributed by atoms with van der Waals surface area (Å²) in [4.78, 5) is 28.1. The Morgan fingerprint density at radius 1 is 1.13 bits per heavy atom.